The summed E-state index contributed by atoms with van der Waals surface area (Å²) in [7, 11) is 1.63. The highest BCUT2D eigenvalue weighted by Gasteiger charge is 2.02. The Labute approximate surface area is 118 Å². The maximum atomic E-state index is 11.4. The summed E-state index contributed by atoms with van der Waals surface area (Å²) in [6, 6.07) is 15.4. The van der Waals surface area contributed by atoms with E-state index in [0.717, 1.165) is 16.1 Å². The quantitative estimate of drug-likeness (QED) is 0.749. The molecule has 0 radical (unpaired) electrons. The van der Waals surface area contributed by atoms with Gasteiger partial charge in [0.05, 0.1) is 0 Å². The molecule has 2 N–H and O–H groups in total. The Kier molecular flexibility index (Phi) is 4.47. The summed E-state index contributed by atoms with van der Waals surface area (Å²) in [4.78, 5) is 12.3. The van der Waals surface area contributed by atoms with Crippen molar-refractivity contribution in [1.82, 2.24) is 5.32 Å². The molecule has 0 aliphatic heterocycles. The SMILES string of the molecule is CNC(=O)c1ccc(CNc2cccc(S)c2)cc1. The van der Waals surface area contributed by atoms with Gasteiger partial charge < -0.3 is 10.6 Å². The Balaban J connectivity index is 1.98. The predicted octanol–water partition coefficient (Wildman–Crippen LogP) is 2.95. The van der Waals surface area contributed by atoms with Gasteiger partial charge in [0.2, 0.25) is 0 Å². The standard InChI is InChI=1S/C15H16N2OS/c1-16-15(18)12-7-5-11(6-8-12)10-17-13-3-2-4-14(19)9-13/h2-9,17,19H,10H2,1H3,(H,16,18). The number of carbonyl (C=O) groups is 1. The van der Waals surface area contributed by atoms with Crippen molar-refractivity contribution in [2.24, 2.45) is 0 Å². The van der Waals surface area contributed by atoms with Crippen LogP contribution in [0, 0.1) is 0 Å². The molecule has 19 heavy (non-hydrogen) atoms. The lowest BCUT2D eigenvalue weighted by Gasteiger charge is -2.07. The summed E-state index contributed by atoms with van der Waals surface area (Å²) in [6.45, 7) is 0.714. The highest BCUT2D eigenvalue weighted by atomic mass is 32.1. The fourth-order valence-electron chi connectivity index (χ4n) is 1.74. The van der Waals surface area contributed by atoms with E-state index in [4.69, 9.17) is 0 Å². The van der Waals surface area contributed by atoms with Gasteiger partial charge in [-0.3, -0.25) is 4.79 Å². The molecule has 1 amide bonds. The number of nitrogens with one attached hydrogen (secondary N) is 2. The minimum atomic E-state index is -0.0673. The van der Waals surface area contributed by atoms with Crippen LogP contribution in [0.3, 0.4) is 0 Å². The van der Waals surface area contributed by atoms with E-state index in [1.165, 1.54) is 0 Å². The highest BCUT2D eigenvalue weighted by Crippen LogP contribution is 2.14. The van der Waals surface area contributed by atoms with Crippen molar-refractivity contribution >= 4 is 24.2 Å². The van der Waals surface area contributed by atoms with Crippen molar-refractivity contribution in [2.45, 2.75) is 11.4 Å². The van der Waals surface area contributed by atoms with E-state index in [1.54, 1.807) is 7.05 Å². The molecular formula is C15H16N2OS. The normalized spacial score (nSPS) is 10.0. The van der Waals surface area contributed by atoms with E-state index in [9.17, 15) is 4.79 Å². The molecule has 0 saturated carbocycles. The number of hydrogen-bond donors (Lipinski definition) is 3. The van der Waals surface area contributed by atoms with E-state index < -0.39 is 0 Å². The van der Waals surface area contributed by atoms with Gasteiger partial charge in [0.1, 0.15) is 0 Å². The second-order valence-electron chi connectivity index (χ2n) is 4.18. The molecule has 0 aromatic heterocycles. The molecule has 98 valence electrons. The van der Waals surface area contributed by atoms with Gasteiger partial charge in [-0.05, 0) is 35.9 Å². The lowest BCUT2D eigenvalue weighted by Crippen LogP contribution is -2.17. The van der Waals surface area contributed by atoms with Crippen molar-refractivity contribution in [1.29, 1.82) is 0 Å². The third-order valence-electron chi connectivity index (χ3n) is 2.79. The molecule has 0 fully saturated rings. The third kappa shape index (κ3) is 3.76. The summed E-state index contributed by atoms with van der Waals surface area (Å²) in [6.07, 6.45) is 0. The second-order valence-corrected chi connectivity index (χ2v) is 4.70. The first-order chi connectivity index (χ1) is 9.19. The smallest absolute Gasteiger partial charge is 0.251 e. The summed E-state index contributed by atoms with van der Waals surface area (Å²) >= 11 is 4.30. The zero-order chi connectivity index (χ0) is 13.7. The largest absolute Gasteiger partial charge is 0.381 e. The van der Waals surface area contributed by atoms with Crippen LogP contribution in [-0.4, -0.2) is 13.0 Å². The monoisotopic (exact) mass is 272 g/mol. The van der Waals surface area contributed by atoms with Crippen LogP contribution >= 0.6 is 12.6 Å². The van der Waals surface area contributed by atoms with Gasteiger partial charge in [-0.1, -0.05) is 18.2 Å². The Hall–Kier alpha value is -1.94. The summed E-state index contributed by atoms with van der Waals surface area (Å²) in [5.41, 5.74) is 2.82. The molecular weight excluding hydrogens is 256 g/mol. The molecule has 0 bridgehead atoms. The van der Waals surface area contributed by atoms with Crippen LogP contribution in [0.15, 0.2) is 53.4 Å². The van der Waals surface area contributed by atoms with Crippen molar-refractivity contribution in [3.05, 3.63) is 59.7 Å². The van der Waals surface area contributed by atoms with Crippen LogP contribution in [-0.2, 0) is 6.54 Å². The topological polar surface area (TPSA) is 41.1 Å². The van der Waals surface area contributed by atoms with E-state index >= 15 is 0 Å². The van der Waals surface area contributed by atoms with Crippen LogP contribution < -0.4 is 10.6 Å². The van der Waals surface area contributed by atoms with Crippen LogP contribution in [0.5, 0.6) is 0 Å². The third-order valence-corrected chi connectivity index (χ3v) is 3.06. The van der Waals surface area contributed by atoms with Crippen molar-refractivity contribution in [3.8, 4) is 0 Å². The number of amides is 1. The van der Waals surface area contributed by atoms with Crippen LogP contribution in [0.1, 0.15) is 15.9 Å². The average Bonchev–Trinajstić information content (AvgIpc) is 2.45. The predicted molar refractivity (Wildman–Crippen MR) is 80.9 cm³/mol. The molecule has 0 unspecified atom stereocenters. The van der Waals surface area contributed by atoms with Gasteiger partial charge >= 0.3 is 0 Å². The summed E-state index contributed by atoms with van der Waals surface area (Å²) in [5, 5.41) is 5.92. The number of hydrogen-bond acceptors (Lipinski definition) is 3. The molecule has 0 aliphatic carbocycles. The zero-order valence-corrected chi connectivity index (χ0v) is 11.6. The fraction of sp³-hybridized carbons (Fsp3) is 0.133. The number of carbonyl (C=O) groups excluding carboxylic acids is 1. The molecule has 2 aromatic carbocycles. The first-order valence-electron chi connectivity index (χ1n) is 6.03. The Morgan fingerprint density at radius 1 is 1.16 bits per heavy atom. The fourth-order valence-corrected chi connectivity index (χ4v) is 1.96. The van der Waals surface area contributed by atoms with Crippen molar-refractivity contribution in [3.63, 3.8) is 0 Å². The first-order valence-corrected chi connectivity index (χ1v) is 6.47. The van der Waals surface area contributed by atoms with Gasteiger partial charge in [-0.2, -0.15) is 0 Å². The van der Waals surface area contributed by atoms with Gasteiger partial charge in [0, 0.05) is 29.7 Å². The second kappa shape index (κ2) is 6.29. The molecule has 0 spiro atoms. The molecule has 2 aromatic rings. The number of thiol groups is 1. The maximum Gasteiger partial charge on any atom is 0.251 e. The molecule has 4 heteroatoms. The van der Waals surface area contributed by atoms with Gasteiger partial charge in [-0.15, -0.1) is 12.6 Å². The van der Waals surface area contributed by atoms with Crippen LogP contribution in [0.25, 0.3) is 0 Å². The molecule has 0 aliphatic rings. The van der Waals surface area contributed by atoms with E-state index in [-0.39, 0.29) is 5.91 Å². The molecule has 3 nitrogen and oxygen atoms in total. The number of rotatable bonds is 4. The minimum absolute atomic E-state index is 0.0673. The molecule has 0 saturated heterocycles. The van der Waals surface area contributed by atoms with Crippen LogP contribution in [0.2, 0.25) is 0 Å². The van der Waals surface area contributed by atoms with E-state index in [1.807, 2.05) is 48.5 Å². The van der Waals surface area contributed by atoms with Crippen LogP contribution in [0.4, 0.5) is 5.69 Å². The zero-order valence-electron chi connectivity index (χ0n) is 10.7. The van der Waals surface area contributed by atoms with Gasteiger partial charge in [-0.25, -0.2) is 0 Å². The lowest BCUT2D eigenvalue weighted by atomic mass is 10.1. The number of anilines is 1. The highest BCUT2D eigenvalue weighted by molar-refractivity contribution is 7.80. The minimum Gasteiger partial charge on any atom is -0.381 e. The Bertz CT molecular complexity index is 567. The lowest BCUT2D eigenvalue weighted by molar-refractivity contribution is 0.0963. The summed E-state index contributed by atoms with van der Waals surface area (Å²) in [5.74, 6) is -0.0673. The van der Waals surface area contributed by atoms with Crippen molar-refractivity contribution in [2.75, 3.05) is 12.4 Å². The van der Waals surface area contributed by atoms with E-state index in [2.05, 4.69) is 23.3 Å². The molecule has 0 heterocycles. The average molecular weight is 272 g/mol. The molecule has 2 rings (SSSR count). The van der Waals surface area contributed by atoms with Gasteiger partial charge in [0.25, 0.3) is 5.91 Å². The summed E-state index contributed by atoms with van der Waals surface area (Å²) < 4.78 is 0. The molecule has 0 atom stereocenters. The Morgan fingerprint density at radius 2 is 1.89 bits per heavy atom. The maximum absolute atomic E-state index is 11.4. The van der Waals surface area contributed by atoms with E-state index in [0.29, 0.717) is 12.1 Å². The number of benzene rings is 2. The van der Waals surface area contributed by atoms with Gasteiger partial charge in [0.15, 0.2) is 0 Å². The van der Waals surface area contributed by atoms with Crippen molar-refractivity contribution < 1.29 is 4.79 Å². The first kappa shape index (κ1) is 13.5. The Morgan fingerprint density at radius 3 is 2.53 bits per heavy atom.